The lowest BCUT2D eigenvalue weighted by molar-refractivity contribution is -0.139. The molecule has 0 aliphatic rings. The number of aryl methyl sites for hydroxylation is 1. The summed E-state index contributed by atoms with van der Waals surface area (Å²) in [5.41, 5.74) is 5.20. The first-order valence-corrected chi connectivity index (χ1v) is 7.84. The monoisotopic (exact) mass is 323 g/mol. The smallest absolute Gasteiger partial charge is 0.329 e. The summed E-state index contributed by atoms with van der Waals surface area (Å²) >= 11 is 0. The second kappa shape index (κ2) is 9.25. The standard InChI is InChI=1S/C19H21N3O2/c1-15(12-13-16-8-4-2-5-9-16)21-22-19(24)18(23)20-14-17-10-6-3-7-11-17/h2-11H,12-14H2,1H3,(H,20,23)(H,22,24)/b21-15+. The van der Waals surface area contributed by atoms with Crippen LogP contribution in [-0.4, -0.2) is 17.5 Å². The molecular weight excluding hydrogens is 302 g/mol. The van der Waals surface area contributed by atoms with Crippen LogP contribution in [0.25, 0.3) is 0 Å². The van der Waals surface area contributed by atoms with Gasteiger partial charge in [-0.3, -0.25) is 9.59 Å². The van der Waals surface area contributed by atoms with Crippen molar-refractivity contribution in [3.05, 3.63) is 71.8 Å². The number of carbonyl (C=O) groups is 2. The third-order valence-corrected chi connectivity index (χ3v) is 3.47. The van der Waals surface area contributed by atoms with Gasteiger partial charge in [-0.05, 0) is 30.9 Å². The van der Waals surface area contributed by atoms with Crippen LogP contribution in [0, 0.1) is 0 Å². The summed E-state index contributed by atoms with van der Waals surface area (Å²) in [5.74, 6) is -1.46. The molecule has 0 radical (unpaired) electrons. The van der Waals surface area contributed by atoms with Gasteiger partial charge in [0.05, 0.1) is 0 Å². The predicted molar refractivity (Wildman–Crippen MR) is 94.3 cm³/mol. The molecule has 0 spiro atoms. The lowest BCUT2D eigenvalue weighted by atomic mass is 10.1. The maximum Gasteiger partial charge on any atom is 0.329 e. The number of rotatable bonds is 6. The van der Waals surface area contributed by atoms with Crippen molar-refractivity contribution in [1.29, 1.82) is 0 Å². The highest BCUT2D eigenvalue weighted by Gasteiger charge is 2.12. The molecule has 0 saturated carbocycles. The Morgan fingerprint density at radius 3 is 2.08 bits per heavy atom. The number of carbonyl (C=O) groups excluding carboxylic acids is 2. The zero-order valence-electron chi connectivity index (χ0n) is 13.7. The SMILES string of the molecule is C/C(CCc1ccccc1)=N\NC(=O)C(=O)NCc1ccccc1. The number of nitrogens with zero attached hydrogens (tertiary/aromatic N) is 1. The topological polar surface area (TPSA) is 70.6 Å². The van der Waals surface area contributed by atoms with Gasteiger partial charge in [0.25, 0.3) is 0 Å². The molecule has 0 bridgehead atoms. The normalized spacial score (nSPS) is 11.0. The highest BCUT2D eigenvalue weighted by Crippen LogP contribution is 2.03. The van der Waals surface area contributed by atoms with Crippen molar-refractivity contribution in [1.82, 2.24) is 10.7 Å². The first-order chi connectivity index (χ1) is 11.6. The lowest BCUT2D eigenvalue weighted by Crippen LogP contribution is -2.37. The van der Waals surface area contributed by atoms with E-state index in [1.54, 1.807) is 0 Å². The molecule has 5 heteroatoms. The van der Waals surface area contributed by atoms with E-state index in [1.807, 2.05) is 67.6 Å². The van der Waals surface area contributed by atoms with Crippen molar-refractivity contribution >= 4 is 17.5 Å². The fourth-order valence-electron chi connectivity index (χ4n) is 2.08. The van der Waals surface area contributed by atoms with Gasteiger partial charge in [-0.15, -0.1) is 0 Å². The van der Waals surface area contributed by atoms with E-state index in [-0.39, 0.29) is 0 Å². The van der Waals surface area contributed by atoms with Gasteiger partial charge in [0.2, 0.25) is 0 Å². The molecule has 0 aliphatic carbocycles. The number of hydrogen-bond donors (Lipinski definition) is 2. The van der Waals surface area contributed by atoms with Gasteiger partial charge in [0, 0.05) is 12.3 Å². The van der Waals surface area contributed by atoms with Crippen LogP contribution in [0.2, 0.25) is 0 Å². The second-order valence-corrected chi connectivity index (χ2v) is 5.44. The Bertz CT molecular complexity index is 697. The molecule has 2 aromatic rings. The number of amides is 2. The predicted octanol–water partition coefficient (Wildman–Crippen LogP) is 2.43. The van der Waals surface area contributed by atoms with Crippen LogP contribution in [0.15, 0.2) is 65.8 Å². The Hall–Kier alpha value is -2.95. The number of nitrogens with one attached hydrogen (secondary N) is 2. The summed E-state index contributed by atoms with van der Waals surface area (Å²) in [7, 11) is 0. The molecule has 24 heavy (non-hydrogen) atoms. The highest BCUT2D eigenvalue weighted by atomic mass is 16.2. The van der Waals surface area contributed by atoms with E-state index in [9.17, 15) is 9.59 Å². The molecular formula is C19H21N3O2. The van der Waals surface area contributed by atoms with Gasteiger partial charge in [-0.1, -0.05) is 60.7 Å². The van der Waals surface area contributed by atoms with Crippen molar-refractivity contribution in [3.63, 3.8) is 0 Å². The maximum absolute atomic E-state index is 11.7. The zero-order valence-corrected chi connectivity index (χ0v) is 13.7. The minimum atomic E-state index is -0.759. The second-order valence-electron chi connectivity index (χ2n) is 5.44. The molecule has 2 rings (SSSR count). The van der Waals surface area contributed by atoms with Gasteiger partial charge >= 0.3 is 11.8 Å². The molecule has 2 amide bonds. The van der Waals surface area contributed by atoms with E-state index >= 15 is 0 Å². The van der Waals surface area contributed by atoms with Gasteiger partial charge in [-0.25, -0.2) is 5.43 Å². The van der Waals surface area contributed by atoms with Crippen LogP contribution >= 0.6 is 0 Å². The largest absolute Gasteiger partial charge is 0.344 e. The molecule has 0 saturated heterocycles. The summed E-state index contributed by atoms with van der Waals surface area (Å²) in [6.45, 7) is 2.13. The molecule has 0 aliphatic heterocycles. The molecule has 0 heterocycles. The van der Waals surface area contributed by atoms with E-state index in [0.29, 0.717) is 6.54 Å². The molecule has 0 fully saturated rings. The van der Waals surface area contributed by atoms with Crippen molar-refractivity contribution in [3.8, 4) is 0 Å². The van der Waals surface area contributed by atoms with Crippen LogP contribution in [0.3, 0.4) is 0 Å². The van der Waals surface area contributed by atoms with Crippen molar-refractivity contribution in [2.24, 2.45) is 5.10 Å². The van der Waals surface area contributed by atoms with Crippen LogP contribution in [-0.2, 0) is 22.6 Å². The fraction of sp³-hybridized carbons (Fsp3) is 0.211. The Labute approximate surface area is 141 Å². The molecule has 0 unspecified atom stereocenters. The van der Waals surface area contributed by atoms with Gasteiger partial charge in [0.1, 0.15) is 0 Å². The minimum Gasteiger partial charge on any atom is -0.344 e. The first kappa shape index (κ1) is 17.4. The van der Waals surface area contributed by atoms with Crippen molar-refractivity contribution < 1.29 is 9.59 Å². The molecule has 0 atom stereocenters. The maximum atomic E-state index is 11.7. The Balaban J connectivity index is 1.73. The summed E-state index contributed by atoms with van der Waals surface area (Å²) in [6, 6.07) is 19.4. The molecule has 0 aromatic heterocycles. The third-order valence-electron chi connectivity index (χ3n) is 3.47. The van der Waals surface area contributed by atoms with Crippen LogP contribution < -0.4 is 10.7 Å². The first-order valence-electron chi connectivity index (χ1n) is 7.84. The highest BCUT2D eigenvalue weighted by molar-refractivity contribution is 6.35. The Morgan fingerprint density at radius 1 is 0.875 bits per heavy atom. The van der Waals surface area contributed by atoms with Gasteiger partial charge < -0.3 is 5.32 Å². The minimum absolute atomic E-state index is 0.309. The molecule has 124 valence electrons. The van der Waals surface area contributed by atoms with Crippen molar-refractivity contribution in [2.45, 2.75) is 26.3 Å². The van der Waals surface area contributed by atoms with E-state index in [2.05, 4.69) is 15.8 Å². The van der Waals surface area contributed by atoms with Crippen LogP contribution in [0.1, 0.15) is 24.5 Å². The van der Waals surface area contributed by atoms with E-state index in [1.165, 1.54) is 5.56 Å². The quantitative estimate of drug-likeness (QED) is 0.487. The van der Waals surface area contributed by atoms with E-state index in [0.717, 1.165) is 24.1 Å². The lowest BCUT2D eigenvalue weighted by Gasteiger charge is -2.05. The van der Waals surface area contributed by atoms with E-state index < -0.39 is 11.8 Å². The number of hydrogen-bond acceptors (Lipinski definition) is 3. The fourth-order valence-corrected chi connectivity index (χ4v) is 2.08. The number of hydrazone groups is 1. The molecule has 2 N–H and O–H groups in total. The summed E-state index contributed by atoms with van der Waals surface area (Å²) in [5, 5.41) is 6.53. The summed E-state index contributed by atoms with van der Waals surface area (Å²) in [6.07, 6.45) is 1.56. The summed E-state index contributed by atoms with van der Waals surface area (Å²) in [4.78, 5) is 23.4. The van der Waals surface area contributed by atoms with E-state index in [4.69, 9.17) is 0 Å². The Kier molecular flexibility index (Phi) is 6.71. The van der Waals surface area contributed by atoms with Crippen molar-refractivity contribution in [2.75, 3.05) is 0 Å². The third kappa shape index (κ3) is 6.04. The summed E-state index contributed by atoms with van der Waals surface area (Å²) < 4.78 is 0. The Morgan fingerprint density at radius 2 is 1.46 bits per heavy atom. The molecule has 5 nitrogen and oxygen atoms in total. The van der Waals surface area contributed by atoms with Crippen LogP contribution in [0.4, 0.5) is 0 Å². The van der Waals surface area contributed by atoms with Gasteiger partial charge in [0.15, 0.2) is 0 Å². The zero-order chi connectivity index (χ0) is 17.2. The van der Waals surface area contributed by atoms with Gasteiger partial charge in [-0.2, -0.15) is 5.10 Å². The average molecular weight is 323 g/mol. The average Bonchev–Trinajstić information content (AvgIpc) is 2.64. The molecule has 2 aromatic carbocycles. The number of benzene rings is 2. The van der Waals surface area contributed by atoms with Crippen LogP contribution in [0.5, 0.6) is 0 Å².